The molecule has 0 bridgehead atoms. The molecular weight excluding hydrogens is 164 g/mol. The molecule has 2 N–H and O–H groups in total. The Labute approximate surface area is 76.0 Å². The molecule has 0 atom stereocenters. The Hall–Kier alpha value is -1.77. The maximum atomic E-state index is 9.29. The van der Waals surface area contributed by atoms with Gasteiger partial charge in [0.15, 0.2) is 0 Å². The van der Waals surface area contributed by atoms with Gasteiger partial charge in [0.2, 0.25) is 0 Å². The highest BCUT2D eigenvalue weighted by Gasteiger charge is 2.00. The van der Waals surface area contributed by atoms with E-state index in [1.165, 1.54) is 0 Å². The number of hydrogen-bond acceptors (Lipinski definition) is 3. The number of anilines is 1. The summed E-state index contributed by atoms with van der Waals surface area (Å²) in [6, 6.07) is 7.15. The van der Waals surface area contributed by atoms with Crippen molar-refractivity contribution in [2.24, 2.45) is 0 Å². The molecule has 0 amide bonds. The quantitative estimate of drug-likeness (QED) is 0.694. The minimum Gasteiger partial charge on any atom is -0.508 e. The van der Waals surface area contributed by atoms with Gasteiger partial charge in [-0.05, 0) is 23.6 Å². The molecule has 2 rings (SSSR count). The number of rotatable bonds is 1. The van der Waals surface area contributed by atoms with Gasteiger partial charge in [-0.1, -0.05) is 6.07 Å². The van der Waals surface area contributed by atoms with Crippen molar-refractivity contribution >= 4 is 16.6 Å². The van der Waals surface area contributed by atoms with Crippen molar-refractivity contribution < 1.29 is 5.11 Å². The number of benzene rings is 1. The molecule has 0 spiro atoms. The zero-order valence-electron chi connectivity index (χ0n) is 7.28. The number of phenolic OH excluding ortho intramolecular Hbond substituents is 1. The fourth-order valence-electron chi connectivity index (χ4n) is 1.36. The van der Waals surface area contributed by atoms with Gasteiger partial charge in [-0.25, -0.2) is 4.98 Å². The van der Waals surface area contributed by atoms with Crippen LogP contribution >= 0.6 is 0 Å². The molecule has 3 nitrogen and oxygen atoms in total. The second-order valence-electron chi connectivity index (χ2n) is 2.81. The molecule has 2 aromatic rings. The Morgan fingerprint density at radius 1 is 1.31 bits per heavy atom. The van der Waals surface area contributed by atoms with Crippen LogP contribution in [-0.2, 0) is 0 Å². The van der Waals surface area contributed by atoms with Crippen LogP contribution in [0.1, 0.15) is 0 Å². The maximum Gasteiger partial charge on any atom is 0.133 e. The smallest absolute Gasteiger partial charge is 0.133 e. The van der Waals surface area contributed by atoms with E-state index < -0.39 is 0 Å². The van der Waals surface area contributed by atoms with Crippen LogP contribution in [-0.4, -0.2) is 17.1 Å². The van der Waals surface area contributed by atoms with Crippen molar-refractivity contribution in [1.29, 1.82) is 0 Å². The van der Waals surface area contributed by atoms with Crippen molar-refractivity contribution in [2.75, 3.05) is 12.4 Å². The average molecular weight is 174 g/mol. The number of hydrogen-bond donors (Lipinski definition) is 2. The van der Waals surface area contributed by atoms with Crippen LogP contribution in [0.15, 0.2) is 30.5 Å². The Morgan fingerprint density at radius 2 is 2.15 bits per heavy atom. The van der Waals surface area contributed by atoms with Gasteiger partial charge in [-0.15, -0.1) is 0 Å². The molecule has 0 aliphatic rings. The Balaban J connectivity index is 2.79. The SMILES string of the molecule is CNc1nccc2ccc(O)cc12. The van der Waals surface area contributed by atoms with Crippen molar-refractivity contribution in [3.8, 4) is 5.75 Å². The molecule has 1 heterocycles. The number of aromatic hydroxyl groups is 1. The zero-order chi connectivity index (χ0) is 9.26. The summed E-state index contributed by atoms with van der Waals surface area (Å²) in [4.78, 5) is 4.14. The molecule has 0 aliphatic heterocycles. The van der Waals surface area contributed by atoms with Crippen LogP contribution in [0.2, 0.25) is 0 Å². The van der Waals surface area contributed by atoms with Crippen LogP contribution in [0.4, 0.5) is 5.82 Å². The van der Waals surface area contributed by atoms with Crippen molar-refractivity contribution in [2.45, 2.75) is 0 Å². The fraction of sp³-hybridized carbons (Fsp3) is 0.100. The summed E-state index contributed by atoms with van der Waals surface area (Å²) < 4.78 is 0. The third-order valence-corrected chi connectivity index (χ3v) is 1.99. The van der Waals surface area contributed by atoms with E-state index in [0.29, 0.717) is 0 Å². The molecule has 0 radical (unpaired) electrons. The third kappa shape index (κ3) is 1.28. The van der Waals surface area contributed by atoms with Gasteiger partial charge >= 0.3 is 0 Å². The Bertz CT molecular complexity index is 440. The first-order valence-corrected chi connectivity index (χ1v) is 4.07. The number of nitrogens with one attached hydrogen (secondary N) is 1. The lowest BCUT2D eigenvalue weighted by Gasteiger charge is -2.04. The number of nitrogens with zero attached hydrogens (tertiary/aromatic N) is 1. The van der Waals surface area contributed by atoms with E-state index in [1.807, 2.05) is 19.2 Å². The number of aromatic nitrogens is 1. The zero-order valence-corrected chi connectivity index (χ0v) is 7.28. The third-order valence-electron chi connectivity index (χ3n) is 1.99. The highest BCUT2D eigenvalue weighted by atomic mass is 16.3. The van der Waals surface area contributed by atoms with E-state index in [-0.39, 0.29) is 5.75 Å². The first kappa shape index (κ1) is 7.86. The Morgan fingerprint density at radius 3 is 2.92 bits per heavy atom. The molecule has 0 fully saturated rings. The molecule has 1 aromatic carbocycles. The normalized spacial score (nSPS) is 10.2. The van der Waals surface area contributed by atoms with Gasteiger partial charge in [-0.2, -0.15) is 0 Å². The molecule has 1 aromatic heterocycles. The van der Waals surface area contributed by atoms with Gasteiger partial charge in [0.25, 0.3) is 0 Å². The van der Waals surface area contributed by atoms with E-state index in [4.69, 9.17) is 0 Å². The van der Waals surface area contributed by atoms with Crippen LogP contribution in [0.25, 0.3) is 10.8 Å². The predicted octanol–water partition coefficient (Wildman–Crippen LogP) is 1.98. The first-order chi connectivity index (χ1) is 6.31. The van der Waals surface area contributed by atoms with E-state index in [1.54, 1.807) is 18.3 Å². The minimum atomic E-state index is 0.261. The lowest BCUT2D eigenvalue weighted by atomic mass is 10.1. The predicted molar refractivity (Wildman–Crippen MR) is 53.0 cm³/mol. The van der Waals surface area contributed by atoms with Gasteiger partial charge in [0, 0.05) is 18.6 Å². The van der Waals surface area contributed by atoms with Crippen LogP contribution in [0.3, 0.4) is 0 Å². The van der Waals surface area contributed by atoms with E-state index >= 15 is 0 Å². The van der Waals surface area contributed by atoms with Gasteiger partial charge in [0.05, 0.1) is 0 Å². The van der Waals surface area contributed by atoms with E-state index in [9.17, 15) is 5.11 Å². The monoisotopic (exact) mass is 174 g/mol. The Kier molecular flexibility index (Phi) is 1.77. The molecular formula is C10H10N2O. The van der Waals surface area contributed by atoms with Crippen molar-refractivity contribution in [3.05, 3.63) is 30.5 Å². The van der Waals surface area contributed by atoms with Crippen LogP contribution in [0, 0.1) is 0 Å². The van der Waals surface area contributed by atoms with Crippen LogP contribution in [0.5, 0.6) is 5.75 Å². The second kappa shape index (κ2) is 2.94. The molecule has 0 saturated carbocycles. The summed E-state index contributed by atoms with van der Waals surface area (Å²) in [6.07, 6.45) is 1.74. The number of fused-ring (bicyclic) bond motifs is 1. The second-order valence-corrected chi connectivity index (χ2v) is 2.81. The van der Waals surface area contributed by atoms with Gasteiger partial charge in [0.1, 0.15) is 11.6 Å². The summed E-state index contributed by atoms with van der Waals surface area (Å²) in [6.45, 7) is 0. The van der Waals surface area contributed by atoms with E-state index in [2.05, 4.69) is 10.3 Å². The first-order valence-electron chi connectivity index (χ1n) is 4.07. The largest absolute Gasteiger partial charge is 0.508 e. The van der Waals surface area contributed by atoms with Gasteiger partial charge in [-0.3, -0.25) is 0 Å². The summed E-state index contributed by atoms with van der Waals surface area (Å²) in [7, 11) is 1.81. The molecule has 0 aliphatic carbocycles. The molecule has 0 unspecified atom stereocenters. The average Bonchev–Trinajstić information content (AvgIpc) is 2.17. The van der Waals surface area contributed by atoms with Crippen molar-refractivity contribution in [1.82, 2.24) is 4.98 Å². The van der Waals surface area contributed by atoms with E-state index in [0.717, 1.165) is 16.6 Å². The minimum absolute atomic E-state index is 0.261. The summed E-state index contributed by atoms with van der Waals surface area (Å²) in [5.74, 6) is 1.05. The molecule has 3 heteroatoms. The topological polar surface area (TPSA) is 45.2 Å². The van der Waals surface area contributed by atoms with Gasteiger partial charge < -0.3 is 10.4 Å². The molecule has 0 saturated heterocycles. The molecule has 66 valence electrons. The summed E-state index contributed by atoms with van der Waals surface area (Å²) in [5.41, 5.74) is 0. The lowest BCUT2D eigenvalue weighted by Crippen LogP contribution is -1.92. The fourth-order valence-corrected chi connectivity index (χ4v) is 1.36. The summed E-state index contributed by atoms with van der Waals surface area (Å²) >= 11 is 0. The lowest BCUT2D eigenvalue weighted by molar-refractivity contribution is 0.476. The highest BCUT2D eigenvalue weighted by Crippen LogP contribution is 2.24. The van der Waals surface area contributed by atoms with Crippen molar-refractivity contribution in [3.63, 3.8) is 0 Å². The molecule has 13 heavy (non-hydrogen) atoms. The maximum absolute atomic E-state index is 9.29. The number of pyridine rings is 1. The highest BCUT2D eigenvalue weighted by molar-refractivity contribution is 5.92. The van der Waals surface area contributed by atoms with Crippen LogP contribution < -0.4 is 5.32 Å². The summed E-state index contributed by atoms with van der Waals surface area (Å²) in [5, 5.41) is 14.3. The number of phenols is 1. The standard InChI is InChI=1S/C10H10N2O/c1-11-10-9-6-8(13)3-2-7(9)4-5-12-10/h2-6,13H,1H3,(H,11,12).